The Morgan fingerprint density at radius 3 is 2.00 bits per heavy atom. The van der Waals surface area contributed by atoms with E-state index >= 15 is 0 Å². The van der Waals surface area contributed by atoms with Crippen molar-refractivity contribution in [3.63, 3.8) is 0 Å². The molecule has 4 heteroatoms. The molecule has 1 rings (SSSR count). The van der Waals surface area contributed by atoms with Crippen LogP contribution in [0.4, 0.5) is 0 Å². The summed E-state index contributed by atoms with van der Waals surface area (Å²) >= 11 is 0. The van der Waals surface area contributed by atoms with Crippen LogP contribution >= 0.6 is 0 Å². The second-order valence-corrected chi connectivity index (χ2v) is 4.48. The van der Waals surface area contributed by atoms with E-state index in [1.54, 1.807) is 6.92 Å². The summed E-state index contributed by atoms with van der Waals surface area (Å²) in [5.74, 6) is -1.74. The summed E-state index contributed by atoms with van der Waals surface area (Å²) < 4.78 is 0. The van der Waals surface area contributed by atoms with Gasteiger partial charge in [0.1, 0.15) is 0 Å². The summed E-state index contributed by atoms with van der Waals surface area (Å²) in [4.78, 5) is 22.0. The summed E-state index contributed by atoms with van der Waals surface area (Å²) in [6.45, 7) is 3.44. The van der Waals surface area contributed by atoms with E-state index in [-0.39, 0.29) is 6.42 Å². The van der Waals surface area contributed by atoms with Crippen LogP contribution in [-0.2, 0) is 9.59 Å². The van der Waals surface area contributed by atoms with Gasteiger partial charge in [0.2, 0.25) is 0 Å². The van der Waals surface area contributed by atoms with E-state index in [0.29, 0.717) is 19.3 Å². The van der Waals surface area contributed by atoms with Crippen LogP contribution in [0, 0.1) is 10.8 Å². The van der Waals surface area contributed by atoms with Crippen molar-refractivity contribution >= 4 is 11.9 Å². The van der Waals surface area contributed by atoms with Crippen LogP contribution in [0.15, 0.2) is 0 Å². The first-order valence-corrected chi connectivity index (χ1v) is 4.83. The first-order chi connectivity index (χ1) is 6.36. The molecule has 0 heterocycles. The zero-order chi connectivity index (χ0) is 11.0. The molecular formula is C10H16O4. The van der Waals surface area contributed by atoms with Gasteiger partial charge in [-0.3, -0.25) is 9.59 Å². The van der Waals surface area contributed by atoms with Gasteiger partial charge in [-0.1, -0.05) is 6.92 Å². The molecule has 2 atom stereocenters. The van der Waals surface area contributed by atoms with Gasteiger partial charge in [0.15, 0.2) is 0 Å². The lowest BCUT2D eigenvalue weighted by Crippen LogP contribution is -2.31. The highest BCUT2D eigenvalue weighted by Gasteiger charge is 2.52. The molecule has 0 unspecified atom stereocenters. The van der Waals surface area contributed by atoms with Gasteiger partial charge in [-0.2, -0.15) is 0 Å². The third kappa shape index (κ3) is 1.49. The lowest BCUT2D eigenvalue weighted by molar-refractivity contribution is -0.152. The van der Waals surface area contributed by atoms with E-state index in [4.69, 9.17) is 10.2 Å². The monoisotopic (exact) mass is 200 g/mol. The number of carboxylic acid groups (broad SMARTS) is 2. The van der Waals surface area contributed by atoms with Crippen molar-refractivity contribution < 1.29 is 19.8 Å². The van der Waals surface area contributed by atoms with Crippen LogP contribution < -0.4 is 0 Å². The van der Waals surface area contributed by atoms with Gasteiger partial charge in [0, 0.05) is 0 Å². The quantitative estimate of drug-likeness (QED) is 0.727. The Morgan fingerprint density at radius 2 is 1.79 bits per heavy atom. The first-order valence-electron chi connectivity index (χ1n) is 4.83. The zero-order valence-corrected chi connectivity index (χ0v) is 8.54. The Hall–Kier alpha value is -1.06. The van der Waals surface area contributed by atoms with Crippen molar-refractivity contribution in [3.8, 4) is 0 Å². The van der Waals surface area contributed by atoms with Crippen molar-refractivity contribution in [2.45, 2.75) is 39.5 Å². The van der Waals surface area contributed by atoms with Crippen LogP contribution in [0.1, 0.15) is 39.5 Å². The van der Waals surface area contributed by atoms with Gasteiger partial charge in [0.05, 0.1) is 10.8 Å². The summed E-state index contributed by atoms with van der Waals surface area (Å²) in [6, 6.07) is 0. The highest BCUT2D eigenvalue weighted by molar-refractivity contribution is 5.80. The highest BCUT2D eigenvalue weighted by atomic mass is 16.4. The number of carbonyl (C=O) groups is 2. The van der Waals surface area contributed by atoms with E-state index in [0.717, 1.165) is 0 Å². The third-order valence-corrected chi connectivity index (χ3v) is 3.53. The highest BCUT2D eigenvalue weighted by Crippen LogP contribution is 2.51. The van der Waals surface area contributed by atoms with E-state index in [1.165, 1.54) is 0 Å². The Morgan fingerprint density at radius 1 is 1.21 bits per heavy atom. The van der Waals surface area contributed by atoms with Crippen LogP contribution in [0.3, 0.4) is 0 Å². The Balaban J connectivity index is 2.91. The summed E-state index contributed by atoms with van der Waals surface area (Å²) in [7, 11) is 0. The fraction of sp³-hybridized carbons (Fsp3) is 0.800. The summed E-state index contributed by atoms with van der Waals surface area (Å²) in [5.41, 5.74) is -1.67. The topological polar surface area (TPSA) is 74.6 Å². The van der Waals surface area contributed by atoms with Crippen molar-refractivity contribution in [3.05, 3.63) is 0 Å². The molecular weight excluding hydrogens is 184 g/mol. The lowest BCUT2D eigenvalue weighted by Gasteiger charge is -2.24. The van der Waals surface area contributed by atoms with E-state index < -0.39 is 22.8 Å². The molecule has 1 aliphatic carbocycles. The van der Waals surface area contributed by atoms with Gasteiger partial charge in [-0.15, -0.1) is 0 Å². The van der Waals surface area contributed by atoms with Crippen LogP contribution in [0.5, 0.6) is 0 Å². The van der Waals surface area contributed by atoms with E-state index in [9.17, 15) is 9.59 Å². The normalized spacial score (nSPS) is 37.0. The number of rotatable bonds is 3. The summed E-state index contributed by atoms with van der Waals surface area (Å²) in [6.07, 6.45) is 1.69. The molecule has 0 spiro atoms. The van der Waals surface area contributed by atoms with Crippen molar-refractivity contribution in [1.29, 1.82) is 0 Å². The average Bonchev–Trinajstić information content (AvgIpc) is 2.46. The van der Waals surface area contributed by atoms with Crippen molar-refractivity contribution in [2.75, 3.05) is 0 Å². The van der Waals surface area contributed by atoms with Crippen LogP contribution in [0.2, 0.25) is 0 Å². The molecule has 1 aliphatic rings. The predicted molar refractivity (Wildman–Crippen MR) is 50.0 cm³/mol. The largest absolute Gasteiger partial charge is 0.481 e. The fourth-order valence-electron chi connectivity index (χ4n) is 2.26. The number of hydrogen-bond acceptors (Lipinski definition) is 2. The number of carboxylic acids is 2. The Labute approximate surface area is 82.9 Å². The van der Waals surface area contributed by atoms with Gasteiger partial charge in [-0.05, 0) is 32.6 Å². The Bertz CT molecular complexity index is 273. The molecule has 0 radical (unpaired) electrons. The molecule has 1 saturated carbocycles. The minimum atomic E-state index is -0.880. The minimum absolute atomic E-state index is 0.251. The zero-order valence-electron chi connectivity index (χ0n) is 8.54. The molecule has 14 heavy (non-hydrogen) atoms. The smallest absolute Gasteiger partial charge is 0.309 e. The molecule has 1 fully saturated rings. The molecule has 80 valence electrons. The van der Waals surface area contributed by atoms with Gasteiger partial charge < -0.3 is 10.2 Å². The average molecular weight is 200 g/mol. The SMILES string of the molecule is CC[C@@]1(C(=O)O)CC[C@@](C)(C(=O)O)C1. The second kappa shape index (κ2) is 3.26. The van der Waals surface area contributed by atoms with Gasteiger partial charge in [0.25, 0.3) is 0 Å². The number of aliphatic carboxylic acids is 2. The lowest BCUT2D eigenvalue weighted by atomic mass is 9.79. The molecule has 4 nitrogen and oxygen atoms in total. The molecule has 0 bridgehead atoms. The van der Waals surface area contributed by atoms with Crippen molar-refractivity contribution in [1.82, 2.24) is 0 Å². The fourth-order valence-corrected chi connectivity index (χ4v) is 2.26. The summed E-state index contributed by atoms with van der Waals surface area (Å²) in [5, 5.41) is 18.1. The second-order valence-electron chi connectivity index (χ2n) is 4.48. The maximum Gasteiger partial charge on any atom is 0.309 e. The van der Waals surface area contributed by atoms with E-state index in [2.05, 4.69) is 0 Å². The third-order valence-electron chi connectivity index (χ3n) is 3.53. The first kappa shape index (κ1) is 11.0. The molecule has 0 aromatic heterocycles. The Kier molecular flexibility index (Phi) is 2.56. The van der Waals surface area contributed by atoms with Crippen LogP contribution in [-0.4, -0.2) is 22.2 Å². The number of hydrogen-bond donors (Lipinski definition) is 2. The minimum Gasteiger partial charge on any atom is -0.481 e. The molecule has 0 aromatic carbocycles. The molecule has 0 aromatic rings. The standard InChI is InChI=1S/C10H16O4/c1-3-10(8(13)14)5-4-9(2,6-10)7(11)12/h3-6H2,1-2H3,(H,11,12)(H,13,14)/t9-,10-/m1/s1. The van der Waals surface area contributed by atoms with Crippen molar-refractivity contribution in [2.24, 2.45) is 10.8 Å². The predicted octanol–water partition coefficient (Wildman–Crippen LogP) is 1.74. The molecule has 0 amide bonds. The van der Waals surface area contributed by atoms with E-state index in [1.807, 2.05) is 6.92 Å². The molecule has 0 saturated heterocycles. The van der Waals surface area contributed by atoms with Gasteiger partial charge in [-0.25, -0.2) is 0 Å². The molecule has 2 N–H and O–H groups in total. The van der Waals surface area contributed by atoms with Gasteiger partial charge >= 0.3 is 11.9 Å². The van der Waals surface area contributed by atoms with Crippen LogP contribution in [0.25, 0.3) is 0 Å². The maximum atomic E-state index is 11.1. The maximum absolute atomic E-state index is 11.1. The molecule has 0 aliphatic heterocycles.